The number of carbonyl (C=O) groups excluding carboxylic acids is 1. The highest BCUT2D eigenvalue weighted by atomic mass is 19.4. The summed E-state index contributed by atoms with van der Waals surface area (Å²) in [5.74, 6) is -2.57. The second kappa shape index (κ2) is 6.38. The van der Waals surface area contributed by atoms with Gasteiger partial charge in [0.25, 0.3) is 5.91 Å². The quantitative estimate of drug-likeness (QED) is 0.856. The van der Waals surface area contributed by atoms with Crippen molar-refractivity contribution in [2.75, 3.05) is 13.1 Å². The first-order valence-electron chi connectivity index (χ1n) is 5.50. The maximum Gasteiger partial charge on any atom is 0.406 e. The Morgan fingerprint density at radius 2 is 1.70 bits per heavy atom. The molecule has 0 aliphatic carbocycles. The lowest BCUT2D eigenvalue weighted by Crippen LogP contribution is -2.42. The van der Waals surface area contributed by atoms with Crippen molar-refractivity contribution in [1.82, 2.24) is 4.90 Å². The van der Waals surface area contributed by atoms with E-state index in [0.29, 0.717) is 5.56 Å². The van der Waals surface area contributed by atoms with Crippen molar-refractivity contribution in [1.29, 1.82) is 0 Å². The van der Waals surface area contributed by atoms with Crippen LogP contribution in [0.2, 0.25) is 0 Å². The first-order chi connectivity index (χ1) is 9.23. The van der Waals surface area contributed by atoms with Crippen LogP contribution in [-0.2, 0) is 11.4 Å². The Labute approximate surface area is 112 Å². The highest BCUT2D eigenvalue weighted by Crippen LogP contribution is 2.18. The van der Waals surface area contributed by atoms with E-state index in [1.54, 1.807) is 0 Å². The molecule has 1 rings (SSSR count). The van der Waals surface area contributed by atoms with Crippen molar-refractivity contribution in [2.45, 2.75) is 12.8 Å². The zero-order chi connectivity index (χ0) is 15.3. The minimum Gasteiger partial charge on any atom is -0.480 e. The van der Waals surface area contributed by atoms with Gasteiger partial charge in [-0.25, -0.2) is 0 Å². The van der Waals surface area contributed by atoms with Crippen LogP contribution in [0.4, 0.5) is 13.2 Å². The fourth-order valence-electron chi connectivity index (χ4n) is 1.51. The standard InChI is InChI=1S/C12H12F3NO4/c13-12(14,15)7-16(5-10(18)19)11(20)9-3-1-8(6-17)2-4-9/h1-4,17H,5-7H2,(H,18,19). The summed E-state index contributed by atoms with van der Waals surface area (Å²) in [6.45, 7) is -2.95. The Morgan fingerprint density at radius 3 is 2.10 bits per heavy atom. The first kappa shape index (κ1) is 16.0. The molecular formula is C12H12F3NO4. The largest absolute Gasteiger partial charge is 0.480 e. The van der Waals surface area contributed by atoms with Crippen molar-refractivity contribution in [2.24, 2.45) is 0 Å². The van der Waals surface area contributed by atoms with E-state index in [4.69, 9.17) is 10.2 Å². The fourth-order valence-corrected chi connectivity index (χ4v) is 1.51. The fraction of sp³-hybridized carbons (Fsp3) is 0.333. The molecule has 0 saturated carbocycles. The van der Waals surface area contributed by atoms with Gasteiger partial charge in [-0.3, -0.25) is 9.59 Å². The Kier molecular flexibility index (Phi) is 5.09. The van der Waals surface area contributed by atoms with Crippen LogP contribution in [0.3, 0.4) is 0 Å². The molecular weight excluding hydrogens is 279 g/mol. The van der Waals surface area contributed by atoms with Gasteiger partial charge in [0, 0.05) is 5.56 Å². The summed E-state index contributed by atoms with van der Waals surface area (Å²) in [4.78, 5) is 22.6. The number of rotatable bonds is 5. The molecule has 5 nitrogen and oxygen atoms in total. The van der Waals surface area contributed by atoms with Gasteiger partial charge in [-0.2, -0.15) is 13.2 Å². The van der Waals surface area contributed by atoms with Gasteiger partial charge in [0.15, 0.2) is 0 Å². The minimum atomic E-state index is -4.68. The second-order valence-corrected chi connectivity index (χ2v) is 4.03. The number of alkyl halides is 3. The number of halogens is 3. The summed E-state index contributed by atoms with van der Waals surface area (Å²) in [5.41, 5.74) is 0.412. The third kappa shape index (κ3) is 4.88. The number of aliphatic hydroxyl groups excluding tert-OH is 1. The topological polar surface area (TPSA) is 77.8 Å². The predicted molar refractivity (Wildman–Crippen MR) is 62.0 cm³/mol. The van der Waals surface area contributed by atoms with E-state index in [0.717, 1.165) is 0 Å². The summed E-state index contributed by atoms with van der Waals surface area (Å²) in [6.07, 6.45) is -4.68. The number of benzene rings is 1. The summed E-state index contributed by atoms with van der Waals surface area (Å²) >= 11 is 0. The van der Waals surface area contributed by atoms with Crippen LogP contribution < -0.4 is 0 Å². The van der Waals surface area contributed by atoms with Gasteiger partial charge in [-0.15, -0.1) is 0 Å². The third-order valence-corrected chi connectivity index (χ3v) is 2.37. The molecule has 0 spiro atoms. The number of aliphatic carboxylic acids is 1. The van der Waals surface area contributed by atoms with Gasteiger partial charge >= 0.3 is 12.1 Å². The van der Waals surface area contributed by atoms with Gasteiger partial charge in [0.1, 0.15) is 13.1 Å². The zero-order valence-electron chi connectivity index (χ0n) is 10.2. The molecule has 110 valence electrons. The predicted octanol–water partition coefficient (Wildman–Crippen LogP) is 1.27. The molecule has 0 saturated heterocycles. The molecule has 1 aromatic carbocycles. The van der Waals surface area contributed by atoms with E-state index in [9.17, 15) is 22.8 Å². The number of carboxylic acid groups (broad SMARTS) is 1. The molecule has 0 bridgehead atoms. The maximum atomic E-state index is 12.3. The van der Waals surface area contributed by atoms with E-state index in [2.05, 4.69) is 0 Å². The molecule has 0 radical (unpaired) electrons. The SMILES string of the molecule is O=C(O)CN(CC(F)(F)F)C(=O)c1ccc(CO)cc1. The van der Waals surface area contributed by atoms with Gasteiger partial charge in [-0.1, -0.05) is 12.1 Å². The average molecular weight is 291 g/mol. The molecule has 8 heteroatoms. The molecule has 0 fully saturated rings. The van der Waals surface area contributed by atoms with Crippen LogP contribution in [0, 0.1) is 0 Å². The van der Waals surface area contributed by atoms with Gasteiger partial charge in [0.2, 0.25) is 0 Å². The Balaban J connectivity index is 2.93. The molecule has 0 aliphatic rings. The van der Waals surface area contributed by atoms with E-state index < -0.39 is 31.1 Å². The molecule has 20 heavy (non-hydrogen) atoms. The summed E-state index contributed by atoms with van der Waals surface area (Å²) in [7, 11) is 0. The number of aliphatic hydroxyl groups is 1. The van der Waals surface area contributed by atoms with Crippen LogP contribution in [-0.4, -0.2) is 46.3 Å². The zero-order valence-corrected chi connectivity index (χ0v) is 10.2. The molecule has 1 amide bonds. The van der Waals surface area contributed by atoms with Crippen molar-refractivity contribution >= 4 is 11.9 Å². The smallest absolute Gasteiger partial charge is 0.406 e. The number of hydrogen-bond donors (Lipinski definition) is 2. The number of hydrogen-bond acceptors (Lipinski definition) is 3. The lowest BCUT2D eigenvalue weighted by molar-refractivity contribution is -0.149. The lowest BCUT2D eigenvalue weighted by atomic mass is 10.1. The highest BCUT2D eigenvalue weighted by molar-refractivity contribution is 5.95. The van der Waals surface area contributed by atoms with Crippen LogP contribution >= 0.6 is 0 Å². The van der Waals surface area contributed by atoms with Gasteiger partial charge < -0.3 is 15.1 Å². The summed E-state index contributed by atoms with van der Waals surface area (Å²) in [6, 6.07) is 5.22. The normalized spacial score (nSPS) is 11.2. The molecule has 1 aromatic rings. The number of nitrogens with zero attached hydrogens (tertiary/aromatic N) is 1. The van der Waals surface area contributed by atoms with Crippen molar-refractivity contribution in [3.63, 3.8) is 0 Å². The van der Waals surface area contributed by atoms with Crippen molar-refractivity contribution in [3.8, 4) is 0 Å². The monoisotopic (exact) mass is 291 g/mol. The van der Waals surface area contributed by atoms with Crippen molar-refractivity contribution in [3.05, 3.63) is 35.4 Å². The first-order valence-corrected chi connectivity index (χ1v) is 5.50. The number of amides is 1. The van der Waals surface area contributed by atoms with Crippen LogP contribution in [0.1, 0.15) is 15.9 Å². The molecule has 0 heterocycles. The summed E-state index contributed by atoms with van der Waals surface area (Å²) in [5, 5.41) is 17.4. The van der Waals surface area contributed by atoms with Gasteiger partial charge in [-0.05, 0) is 17.7 Å². The number of carboxylic acids is 1. The average Bonchev–Trinajstić information content (AvgIpc) is 2.35. The Hall–Kier alpha value is -2.09. The van der Waals surface area contributed by atoms with E-state index in [-0.39, 0.29) is 17.1 Å². The molecule has 0 atom stereocenters. The Morgan fingerprint density at radius 1 is 1.15 bits per heavy atom. The maximum absolute atomic E-state index is 12.3. The van der Waals surface area contributed by atoms with E-state index in [1.165, 1.54) is 24.3 Å². The van der Waals surface area contributed by atoms with Crippen LogP contribution in [0.5, 0.6) is 0 Å². The molecule has 2 N–H and O–H groups in total. The van der Waals surface area contributed by atoms with Crippen molar-refractivity contribution < 1.29 is 33.0 Å². The van der Waals surface area contributed by atoms with Crippen LogP contribution in [0.25, 0.3) is 0 Å². The highest BCUT2D eigenvalue weighted by Gasteiger charge is 2.34. The third-order valence-electron chi connectivity index (χ3n) is 2.37. The second-order valence-electron chi connectivity index (χ2n) is 4.03. The van der Waals surface area contributed by atoms with E-state index in [1.807, 2.05) is 0 Å². The minimum absolute atomic E-state index is 0.0762. The van der Waals surface area contributed by atoms with Gasteiger partial charge in [0.05, 0.1) is 6.61 Å². The molecule has 0 unspecified atom stereocenters. The summed E-state index contributed by atoms with van der Waals surface area (Å²) < 4.78 is 37.0. The number of carbonyl (C=O) groups is 2. The molecule has 0 aliphatic heterocycles. The van der Waals surface area contributed by atoms with Crippen LogP contribution in [0.15, 0.2) is 24.3 Å². The molecule has 0 aromatic heterocycles. The van der Waals surface area contributed by atoms with E-state index >= 15 is 0 Å². The Bertz CT molecular complexity index is 484. The lowest BCUT2D eigenvalue weighted by Gasteiger charge is -2.22.